The van der Waals surface area contributed by atoms with E-state index in [0.29, 0.717) is 31.7 Å². The first-order valence-electron chi connectivity index (χ1n) is 11.0. The van der Waals surface area contributed by atoms with Gasteiger partial charge in [0.2, 0.25) is 5.88 Å². The zero-order valence-corrected chi connectivity index (χ0v) is 22.4. The Bertz CT molecular complexity index is 780. The van der Waals surface area contributed by atoms with Crippen molar-refractivity contribution >= 4 is 41.3 Å². The molecule has 3 rings (SSSR count). The maximum Gasteiger partial charge on any atom is 0.213 e. The third-order valence-electron chi connectivity index (χ3n) is 5.61. The number of hydrogen-bond donors (Lipinski definition) is 2. The van der Waals surface area contributed by atoms with E-state index in [1.54, 1.807) is 7.11 Å². The predicted molar refractivity (Wildman–Crippen MR) is 142 cm³/mol. The summed E-state index contributed by atoms with van der Waals surface area (Å²) in [6.45, 7) is 7.20. The van der Waals surface area contributed by atoms with Crippen molar-refractivity contribution in [2.45, 2.75) is 32.4 Å². The van der Waals surface area contributed by atoms with E-state index in [0.717, 1.165) is 37.1 Å². The molecule has 0 amide bonds. The minimum Gasteiger partial charge on any atom is -0.475 e. The third-order valence-corrected chi connectivity index (χ3v) is 6.59. The Morgan fingerprint density at radius 2 is 2.06 bits per heavy atom. The average molecular weight is 574 g/mol. The molecular weight excluding hydrogens is 537 g/mol. The quantitative estimate of drug-likeness (QED) is 0.194. The lowest BCUT2D eigenvalue weighted by Gasteiger charge is -2.36. The molecule has 1 atom stereocenters. The van der Waals surface area contributed by atoms with E-state index in [1.807, 2.05) is 36.7 Å². The molecule has 1 aliphatic rings. The third kappa shape index (κ3) is 8.49. The van der Waals surface area contributed by atoms with Crippen LogP contribution in [0.4, 0.5) is 0 Å². The fourth-order valence-corrected chi connectivity index (χ4v) is 4.52. The summed E-state index contributed by atoms with van der Waals surface area (Å²) in [5.41, 5.74) is 1.07. The number of likely N-dealkylation sites (tertiary alicyclic amines) is 1. The largest absolute Gasteiger partial charge is 0.475 e. The number of methoxy groups -OCH3 is 1. The van der Waals surface area contributed by atoms with Crippen molar-refractivity contribution in [1.29, 1.82) is 0 Å². The number of ether oxygens (including phenoxy) is 2. The normalized spacial score (nSPS) is 16.3. The summed E-state index contributed by atoms with van der Waals surface area (Å²) in [4.78, 5) is 12.8. The van der Waals surface area contributed by atoms with E-state index in [2.05, 4.69) is 49.9 Å². The summed E-state index contributed by atoms with van der Waals surface area (Å²) in [7, 11) is 3.46. The summed E-state index contributed by atoms with van der Waals surface area (Å²) in [5.74, 6) is 2.23. The van der Waals surface area contributed by atoms with Crippen LogP contribution in [0.25, 0.3) is 0 Å². The van der Waals surface area contributed by atoms with E-state index in [-0.39, 0.29) is 24.0 Å². The molecule has 2 N–H and O–H groups in total. The van der Waals surface area contributed by atoms with Crippen LogP contribution >= 0.6 is 35.3 Å². The molecule has 9 heteroatoms. The van der Waals surface area contributed by atoms with E-state index in [4.69, 9.17) is 9.47 Å². The summed E-state index contributed by atoms with van der Waals surface area (Å²) < 4.78 is 10.5. The fraction of sp³-hybridized carbons (Fsp3) is 0.565. The van der Waals surface area contributed by atoms with E-state index >= 15 is 0 Å². The van der Waals surface area contributed by atoms with Gasteiger partial charge in [0.25, 0.3) is 0 Å². The molecular formula is C23H36IN5O2S. The number of aliphatic imine (C=N–C) groups is 1. The van der Waals surface area contributed by atoms with Gasteiger partial charge in [-0.25, -0.2) is 4.98 Å². The van der Waals surface area contributed by atoms with Crippen LogP contribution < -0.4 is 15.4 Å². The molecule has 1 unspecified atom stereocenters. The second-order valence-electron chi connectivity index (χ2n) is 7.90. The van der Waals surface area contributed by atoms with Crippen molar-refractivity contribution in [3.8, 4) is 5.88 Å². The Kier molecular flexibility index (Phi) is 12.3. The molecule has 1 fully saturated rings. The molecule has 7 nitrogen and oxygen atoms in total. The van der Waals surface area contributed by atoms with Gasteiger partial charge in [-0.3, -0.25) is 9.89 Å². The fourth-order valence-electron chi connectivity index (χ4n) is 3.66. The minimum absolute atomic E-state index is 0. The highest BCUT2D eigenvalue weighted by atomic mass is 127. The minimum atomic E-state index is 0. The number of hydrogen-bond acceptors (Lipinski definition) is 6. The van der Waals surface area contributed by atoms with E-state index in [1.165, 1.54) is 17.7 Å². The number of rotatable bonds is 10. The highest BCUT2D eigenvalue weighted by Gasteiger charge is 2.25. The molecule has 2 aromatic rings. The molecule has 0 spiro atoms. The highest BCUT2D eigenvalue weighted by Crippen LogP contribution is 2.29. The number of piperidine rings is 1. The topological polar surface area (TPSA) is 71.0 Å². The van der Waals surface area contributed by atoms with Crippen LogP contribution in [0.3, 0.4) is 0 Å². The number of halogens is 1. The van der Waals surface area contributed by atoms with E-state index < -0.39 is 0 Å². The molecule has 0 aromatic carbocycles. The van der Waals surface area contributed by atoms with Crippen molar-refractivity contribution in [2.75, 3.05) is 47.0 Å². The van der Waals surface area contributed by atoms with Crippen molar-refractivity contribution in [3.63, 3.8) is 0 Å². The maximum absolute atomic E-state index is 5.52. The average Bonchev–Trinajstić information content (AvgIpc) is 3.33. The van der Waals surface area contributed by atoms with E-state index in [9.17, 15) is 0 Å². The first kappa shape index (κ1) is 26.8. The Balaban J connectivity index is 0.00000363. The smallest absolute Gasteiger partial charge is 0.213 e. The van der Waals surface area contributed by atoms with Crippen LogP contribution in [0, 0.1) is 5.92 Å². The molecule has 1 saturated heterocycles. The maximum atomic E-state index is 5.52. The zero-order chi connectivity index (χ0) is 21.9. The van der Waals surface area contributed by atoms with Gasteiger partial charge in [0.05, 0.1) is 12.6 Å². The standard InChI is InChI=1S/C23H35N5O2S.HI/c1-18-8-10-28(11-9-18)20(21-5-4-14-31-21)17-27-23(24-2)26-16-19-6-7-22(25-15-19)30-13-12-29-3;/h4-7,14-15,18,20H,8-13,16-17H2,1-3H3,(H2,24,26,27);1H. The second kappa shape index (κ2) is 14.7. The molecule has 1 aliphatic heterocycles. The van der Waals surface area contributed by atoms with Crippen LogP contribution in [0.1, 0.15) is 36.2 Å². The monoisotopic (exact) mass is 573 g/mol. The van der Waals surface area contributed by atoms with Crippen LogP contribution in [0.2, 0.25) is 0 Å². The van der Waals surface area contributed by atoms with Gasteiger partial charge in [-0.2, -0.15) is 0 Å². The molecule has 178 valence electrons. The van der Waals surface area contributed by atoms with Crippen molar-refractivity contribution in [3.05, 3.63) is 46.3 Å². The Morgan fingerprint density at radius 1 is 1.25 bits per heavy atom. The van der Waals surface area contributed by atoms with Crippen LogP contribution in [0.5, 0.6) is 5.88 Å². The zero-order valence-electron chi connectivity index (χ0n) is 19.3. The first-order valence-corrected chi connectivity index (χ1v) is 11.9. The van der Waals surface area contributed by atoms with Gasteiger partial charge >= 0.3 is 0 Å². The van der Waals surface area contributed by atoms with Crippen LogP contribution in [-0.4, -0.2) is 62.8 Å². The highest BCUT2D eigenvalue weighted by molar-refractivity contribution is 14.0. The molecule has 3 heterocycles. The lowest BCUT2D eigenvalue weighted by Crippen LogP contribution is -2.44. The van der Waals surface area contributed by atoms with Crippen LogP contribution in [0.15, 0.2) is 40.8 Å². The molecule has 0 saturated carbocycles. The Morgan fingerprint density at radius 3 is 2.69 bits per heavy atom. The van der Waals surface area contributed by atoms with Crippen molar-refractivity contribution < 1.29 is 9.47 Å². The summed E-state index contributed by atoms with van der Waals surface area (Å²) >= 11 is 1.83. The van der Waals surface area contributed by atoms with Gasteiger partial charge in [0.15, 0.2) is 5.96 Å². The summed E-state index contributed by atoms with van der Waals surface area (Å²) in [5, 5.41) is 9.08. The number of pyridine rings is 1. The van der Waals surface area contributed by atoms with Gasteiger partial charge in [-0.05, 0) is 48.9 Å². The molecule has 0 aliphatic carbocycles. The number of aromatic nitrogens is 1. The molecule has 32 heavy (non-hydrogen) atoms. The molecule has 2 aromatic heterocycles. The first-order chi connectivity index (χ1) is 15.2. The molecule has 0 radical (unpaired) electrons. The number of nitrogens with one attached hydrogen (secondary N) is 2. The SMILES string of the molecule is CN=C(NCc1ccc(OCCOC)nc1)NCC(c1cccs1)N1CCC(C)CC1.I. The van der Waals surface area contributed by atoms with Gasteiger partial charge < -0.3 is 20.1 Å². The summed E-state index contributed by atoms with van der Waals surface area (Å²) in [6, 6.07) is 8.65. The van der Waals surface area contributed by atoms with Gasteiger partial charge in [0, 0.05) is 44.4 Å². The number of guanidine groups is 1. The number of thiophene rings is 1. The Labute approximate surface area is 213 Å². The Hall–Kier alpha value is -1.43. The lowest BCUT2D eigenvalue weighted by molar-refractivity contribution is 0.140. The predicted octanol–water partition coefficient (Wildman–Crippen LogP) is 3.92. The van der Waals surface area contributed by atoms with Gasteiger partial charge in [-0.1, -0.05) is 19.1 Å². The summed E-state index contributed by atoms with van der Waals surface area (Å²) in [6.07, 6.45) is 4.37. The van der Waals surface area contributed by atoms with Gasteiger partial charge in [-0.15, -0.1) is 35.3 Å². The van der Waals surface area contributed by atoms with Crippen LogP contribution in [-0.2, 0) is 11.3 Å². The second-order valence-corrected chi connectivity index (χ2v) is 8.88. The number of nitrogens with zero attached hydrogens (tertiary/aromatic N) is 3. The van der Waals surface area contributed by atoms with Gasteiger partial charge in [0.1, 0.15) is 6.61 Å². The van der Waals surface area contributed by atoms with Crippen molar-refractivity contribution in [1.82, 2.24) is 20.5 Å². The lowest BCUT2D eigenvalue weighted by atomic mass is 9.97. The molecule has 0 bridgehead atoms. The van der Waals surface area contributed by atoms with Crippen molar-refractivity contribution in [2.24, 2.45) is 10.9 Å².